The van der Waals surface area contributed by atoms with E-state index in [0.29, 0.717) is 6.54 Å². The molecule has 2 N–H and O–H groups in total. The first kappa shape index (κ1) is 23.9. The van der Waals surface area contributed by atoms with Crippen LogP contribution in [0.25, 0.3) is 11.1 Å². The summed E-state index contributed by atoms with van der Waals surface area (Å²) in [6.45, 7) is 6.75. The molecule has 1 aromatic heterocycles. The zero-order valence-corrected chi connectivity index (χ0v) is 20.4. The molecule has 5 heteroatoms. The van der Waals surface area contributed by atoms with Gasteiger partial charge in [-0.05, 0) is 63.1 Å². The van der Waals surface area contributed by atoms with Crippen molar-refractivity contribution in [3.8, 4) is 23.5 Å². The Bertz CT molecular complexity index is 1130. The van der Waals surface area contributed by atoms with E-state index in [1.807, 2.05) is 6.07 Å². The lowest BCUT2D eigenvalue weighted by molar-refractivity contribution is 0.326. The van der Waals surface area contributed by atoms with Gasteiger partial charge >= 0.3 is 0 Å². The second-order valence-corrected chi connectivity index (χ2v) is 9.13. The minimum absolute atomic E-state index is 0.645. The van der Waals surface area contributed by atoms with E-state index in [4.69, 9.17) is 16.4 Å². The predicted octanol–water partition coefficient (Wildman–Crippen LogP) is 4.29. The van der Waals surface area contributed by atoms with E-state index in [2.05, 4.69) is 77.9 Å². The number of hydrogen-bond donors (Lipinski definition) is 2. The van der Waals surface area contributed by atoms with Crippen LogP contribution in [0.5, 0.6) is 0 Å². The van der Waals surface area contributed by atoms with Crippen molar-refractivity contribution in [2.24, 2.45) is 0 Å². The highest BCUT2D eigenvalue weighted by Gasteiger charge is 2.25. The number of anilines is 1. The van der Waals surface area contributed by atoms with E-state index in [9.17, 15) is 0 Å². The Balaban J connectivity index is 1.42. The average molecular weight is 454 g/mol. The van der Waals surface area contributed by atoms with Crippen molar-refractivity contribution in [2.45, 2.75) is 32.6 Å². The van der Waals surface area contributed by atoms with E-state index in [1.165, 1.54) is 27.8 Å². The molecule has 1 aliphatic carbocycles. The number of aromatic nitrogens is 2. The molecule has 176 valence electrons. The molecule has 4 rings (SSSR count). The van der Waals surface area contributed by atoms with Crippen molar-refractivity contribution in [3.63, 3.8) is 0 Å². The fourth-order valence-corrected chi connectivity index (χ4v) is 4.55. The van der Waals surface area contributed by atoms with Crippen molar-refractivity contribution in [3.05, 3.63) is 76.7 Å². The van der Waals surface area contributed by atoms with Crippen LogP contribution in [-0.2, 0) is 12.8 Å². The highest BCUT2D eigenvalue weighted by molar-refractivity contribution is 5.84. The third kappa shape index (κ3) is 6.22. The summed E-state index contributed by atoms with van der Waals surface area (Å²) in [6, 6.07) is 17.2. The number of fused-ring (bicyclic) bond motifs is 3. The smallest absolute Gasteiger partial charge is 0.137 e. The van der Waals surface area contributed by atoms with Crippen LogP contribution in [0.15, 0.2) is 48.5 Å². The van der Waals surface area contributed by atoms with Gasteiger partial charge in [-0.25, -0.2) is 9.97 Å². The molecule has 5 nitrogen and oxygen atoms in total. The lowest BCUT2D eigenvalue weighted by Gasteiger charge is -2.17. The molecule has 0 atom stereocenters. The summed E-state index contributed by atoms with van der Waals surface area (Å²) < 4.78 is 0. The van der Waals surface area contributed by atoms with E-state index >= 15 is 0 Å². The Morgan fingerprint density at radius 2 is 1.82 bits per heavy atom. The van der Waals surface area contributed by atoms with Crippen LogP contribution in [-0.4, -0.2) is 54.6 Å². The molecule has 0 saturated carbocycles. The molecule has 0 fully saturated rings. The third-order valence-electron chi connectivity index (χ3n) is 6.25. The molecule has 0 aliphatic heterocycles. The number of rotatable bonds is 12. The first-order valence-electron chi connectivity index (χ1n) is 12.2. The lowest BCUT2D eigenvalue weighted by atomic mass is 10.0. The van der Waals surface area contributed by atoms with E-state index < -0.39 is 0 Å². The number of terminal acetylenes is 1. The number of aryl methyl sites for hydroxylation is 1. The molecule has 0 spiro atoms. The van der Waals surface area contributed by atoms with Gasteiger partial charge in [-0.1, -0.05) is 60.0 Å². The maximum Gasteiger partial charge on any atom is 0.137 e. The standard InChI is InChI=1S/C29H35N5/c1-4-14-30-15-8-17-34(3)18-9-16-31-29-28-25-13-12-22(2)19-24(25)21-26(28)32-27(33-29)20-23-10-6-5-7-11-23/h1,5-7,10-13,19,30H,8-9,14-18,20-21H2,2-3H3,(H,31,32,33). The second-order valence-electron chi connectivity index (χ2n) is 9.13. The molecule has 0 saturated heterocycles. The Morgan fingerprint density at radius 1 is 1.03 bits per heavy atom. The second kappa shape index (κ2) is 11.8. The Morgan fingerprint density at radius 3 is 2.62 bits per heavy atom. The van der Waals surface area contributed by atoms with Crippen molar-refractivity contribution in [1.82, 2.24) is 20.2 Å². The highest BCUT2D eigenvalue weighted by Crippen LogP contribution is 2.40. The number of nitrogens with one attached hydrogen (secondary N) is 2. The van der Waals surface area contributed by atoms with Crippen LogP contribution in [0.1, 0.15) is 41.1 Å². The monoisotopic (exact) mass is 453 g/mol. The predicted molar refractivity (Wildman–Crippen MR) is 141 cm³/mol. The van der Waals surface area contributed by atoms with E-state index in [0.717, 1.165) is 69.2 Å². The van der Waals surface area contributed by atoms with Crippen LogP contribution >= 0.6 is 0 Å². The van der Waals surface area contributed by atoms with E-state index in [1.54, 1.807) is 0 Å². The summed E-state index contributed by atoms with van der Waals surface area (Å²) in [4.78, 5) is 12.4. The van der Waals surface area contributed by atoms with Crippen LogP contribution in [0.2, 0.25) is 0 Å². The Labute approximate surface area is 204 Å². The van der Waals surface area contributed by atoms with Gasteiger partial charge in [-0.2, -0.15) is 0 Å². The topological polar surface area (TPSA) is 53.1 Å². The van der Waals surface area contributed by atoms with Crippen molar-refractivity contribution >= 4 is 5.82 Å². The largest absolute Gasteiger partial charge is 0.369 e. The molecule has 1 heterocycles. The minimum atomic E-state index is 0.645. The summed E-state index contributed by atoms with van der Waals surface area (Å²) in [5, 5.41) is 6.90. The first-order valence-corrected chi connectivity index (χ1v) is 12.2. The van der Waals surface area contributed by atoms with Gasteiger partial charge in [0.05, 0.1) is 12.2 Å². The lowest BCUT2D eigenvalue weighted by Crippen LogP contribution is -2.26. The fraction of sp³-hybridized carbons (Fsp3) is 0.379. The zero-order valence-electron chi connectivity index (χ0n) is 20.4. The van der Waals surface area contributed by atoms with E-state index in [-0.39, 0.29) is 0 Å². The molecule has 2 aromatic carbocycles. The molecule has 0 radical (unpaired) electrons. The average Bonchev–Trinajstić information content (AvgIpc) is 3.19. The normalized spacial score (nSPS) is 11.8. The maximum absolute atomic E-state index is 5.28. The van der Waals surface area contributed by atoms with Gasteiger partial charge < -0.3 is 15.5 Å². The molecule has 3 aromatic rings. The molecule has 1 aliphatic rings. The Kier molecular flexibility index (Phi) is 8.30. The molecular formula is C29H35N5. The molecule has 0 bridgehead atoms. The van der Waals surface area contributed by atoms with Crippen LogP contribution in [0, 0.1) is 19.3 Å². The third-order valence-corrected chi connectivity index (χ3v) is 6.25. The fourth-order valence-electron chi connectivity index (χ4n) is 4.55. The number of hydrogen-bond acceptors (Lipinski definition) is 5. The molecule has 0 unspecified atom stereocenters. The van der Waals surface area contributed by atoms with Gasteiger partial charge in [0.1, 0.15) is 11.6 Å². The van der Waals surface area contributed by atoms with Crippen LogP contribution in [0.4, 0.5) is 5.82 Å². The number of benzene rings is 2. The Hall–Kier alpha value is -3.20. The van der Waals surface area contributed by atoms with Gasteiger partial charge in [-0.15, -0.1) is 6.42 Å². The van der Waals surface area contributed by atoms with Crippen molar-refractivity contribution in [1.29, 1.82) is 0 Å². The molecule has 0 amide bonds. The van der Waals surface area contributed by atoms with Gasteiger partial charge in [0.25, 0.3) is 0 Å². The summed E-state index contributed by atoms with van der Waals surface area (Å²) in [6.07, 6.45) is 9.06. The van der Waals surface area contributed by atoms with Crippen molar-refractivity contribution in [2.75, 3.05) is 45.1 Å². The van der Waals surface area contributed by atoms with Gasteiger partial charge in [0, 0.05) is 24.9 Å². The minimum Gasteiger partial charge on any atom is -0.369 e. The molecular weight excluding hydrogens is 418 g/mol. The van der Waals surface area contributed by atoms with Gasteiger partial charge in [-0.3, -0.25) is 0 Å². The van der Waals surface area contributed by atoms with Crippen LogP contribution < -0.4 is 10.6 Å². The van der Waals surface area contributed by atoms with Gasteiger partial charge in [0.2, 0.25) is 0 Å². The van der Waals surface area contributed by atoms with Crippen LogP contribution in [0.3, 0.4) is 0 Å². The summed E-state index contributed by atoms with van der Waals surface area (Å²) in [5.41, 5.74) is 7.46. The zero-order chi connectivity index (χ0) is 23.8. The first-order chi connectivity index (χ1) is 16.6. The van der Waals surface area contributed by atoms with Gasteiger partial charge in [0.15, 0.2) is 0 Å². The summed E-state index contributed by atoms with van der Waals surface area (Å²) in [5.74, 6) is 4.47. The molecule has 34 heavy (non-hydrogen) atoms. The maximum atomic E-state index is 5.28. The summed E-state index contributed by atoms with van der Waals surface area (Å²) in [7, 11) is 2.18. The SMILES string of the molecule is C#CCNCCCN(C)CCCNc1nc(Cc2ccccc2)nc2c1-c1ccc(C)cc1C2. The van der Waals surface area contributed by atoms with Crippen molar-refractivity contribution < 1.29 is 0 Å². The quantitative estimate of drug-likeness (QED) is 0.248. The number of nitrogens with zero attached hydrogens (tertiary/aromatic N) is 3. The summed E-state index contributed by atoms with van der Waals surface area (Å²) >= 11 is 0. The highest BCUT2D eigenvalue weighted by atomic mass is 15.1.